The standard InChI is InChI=1S/C16H22N2O2/c1-16(2,3)20-9-8-19-15-10-12(11-17)13-6-4-5-7-14(13)18-15/h4-7,10H,8-9,11,17H2,1-3H3. The second-order valence-electron chi connectivity index (χ2n) is 5.65. The molecule has 0 saturated carbocycles. The number of nitrogens with zero attached hydrogens (tertiary/aromatic N) is 1. The van der Waals surface area contributed by atoms with E-state index in [9.17, 15) is 0 Å². The van der Waals surface area contributed by atoms with Crippen LogP contribution in [0.2, 0.25) is 0 Å². The van der Waals surface area contributed by atoms with E-state index in [1.807, 2.05) is 51.1 Å². The Labute approximate surface area is 119 Å². The number of aromatic nitrogens is 1. The number of hydrogen-bond donors (Lipinski definition) is 1. The van der Waals surface area contributed by atoms with E-state index in [2.05, 4.69) is 4.98 Å². The van der Waals surface area contributed by atoms with E-state index >= 15 is 0 Å². The Bertz CT molecular complexity index is 576. The summed E-state index contributed by atoms with van der Waals surface area (Å²) in [5, 5.41) is 1.08. The molecule has 0 saturated heterocycles. The van der Waals surface area contributed by atoms with Crippen LogP contribution in [-0.2, 0) is 11.3 Å². The molecule has 0 spiro atoms. The largest absolute Gasteiger partial charge is 0.475 e. The number of hydrogen-bond acceptors (Lipinski definition) is 4. The minimum Gasteiger partial charge on any atom is -0.475 e. The maximum Gasteiger partial charge on any atom is 0.214 e. The van der Waals surface area contributed by atoms with Crippen molar-refractivity contribution in [1.82, 2.24) is 4.98 Å². The molecule has 108 valence electrons. The Kier molecular flexibility index (Phi) is 4.57. The van der Waals surface area contributed by atoms with E-state index in [1.165, 1.54) is 0 Å². The van der Waals surface area contributed by atoms with Crippen LogP contribution in [0, 0.1) is 0 Å². The second-order valence-corrected chi connectivity index (χ2v) is 5.65. The van der Waals surface area contributed by atoms with Gasteiger partial charge in [-0.2, -0.15) is 0 Å². The third kappa shape index (κ3) is 3.92. The molecule has 2 rings (SSSR count). The first-order chi connectivity index (χ1) is 9.49. The molecule has 1 aromatic carbocycles. The summed E-state index contributed by atoms with van der Waals surface area (Å²) in [6.07, 6.45) is 0. The first kappa shape index (κ1) is 14.8. The summed E-state index contributed by atoms with van der Waals surface area (Å²) in [7, 11) is 0. The number of ether oxygens (including phenoxy) is 2. The van der Waals surface area contributed by atoms with Gasteiger partial charge in [0.2, 0.25) is 5.88 Å². The highest BCUT2D eigenvalue weighted by molar-refractivity contribution is 5.82. The molecule has 0 radical (unpaired) electrons. The lowest BCUT2D eigenvalue weighted by atomic mass is 10.1. The van der Waals surface area contributed by atoms with Gasteiger partial charge < -0.3 is 15.2 Å². The molecule has 0 aliphatic heterocycles. The summed E-state index contributed by atoms with van der Waals surface area (Å²) >= 11 is 0. The van der Waals surface area contributed by atoms with Gasteiger partial charge in [0, 0.05) is 18.0 Å². The van der Waals surface area contributed by atoms with Gasteiger partial charge in [-0.15, -0.1) is 0 Å². The number of pyridine rings is 1. The van der Waals surface area contributed by atoms with Gasteiger partial charge in [0.15, 0.2) is 0 Å². The van der Waals surface area contributed by atoms with E-state index in [0.29, 0.717) is 25.6 Å². The molecule has 2 N–H and O–H groups in total. The molecule has 0 unspecified atom stereocenters. The normalized spacial score (nSPS) is 11.8. The molecular formula is C16H22N2O2. The quantitative estimate of drug-likeness (QED) is 0.852. The van der Waals surface area contributed by atoms with Crippen molar-refractivity contribution >= 4 is 10.9 Å². The highest BCUT2D eigenvalue weighted by Gasteiger charge is 2.10. The van der Waals surface area contributed by atoms with Crippen LogP contribution in [0.25, 0.3) is 10.9 Å². The smallest absolute Gasteiger partial charge is 0.214 e. The molecule has 0 bridgehead atoms. The van der Waals surface area contributed by atoms with Crippen LogP contribution in [-0.4, -0.2) is 23.8 Å². The van der Waals surface area contributed by atoms with Crippen molar-refractivity contribution in [3.8, 4) is 5.88 Å². The van der Waals surface area contributed by atoms with Crippen LogP contribution in [0.5, 0.6) is 5.88 Å². The zero-order valence-corrected chi connectivity index (χ0v) is 12.3. The van der Waals surface area contributed by atoms with Crippen LogP contribution in [0.3, 0.4) is 0 Å². The van der Waals surface area contributed by atoms with Crippen LogP contribution in [0.4, 0.5) is 0 Å². The first-order valence-corrected chi connectivity index (χ1v) is 6.85. The number of fused-ring (bicyclic) bond motifs is 1. The first-order valence-electron chi connectivity index (χ1n) is 6.85. The van der Waals surface area contributed by atoms with Gasteiger partial charge in [-0.3, -0.25) is 0 Å². The molecule has 20 heavy (non-hydrogen) atoms. The fraction of sp³-hybridized carbons (Fsp3) is 0.438. The minimum atomic E-state index is -0.150. The summed E-state index contributed by atoms with van der Waals surface area (Å²) in [4.78, 5) is 4.48. The number of nitrogens with two attached hydrogens (primary N) is 1. The number of para-hydroxylation sites is 1. The molecular weight excluding hydrogens is 252 g/mol. The Morgan fingerprint density at radius 1 is 1.15 bits per heavy atom. The van der Waals surface area contributed by atoms with Crippen LogP contribution in [0.15, 0.2) is 30.3 Å². The summed E-state index contributed by atoms with van der Waals surface area (Å²) in [6.45, 7) is 7.55. The predicted molar refractivity (Wildman–Crippen MR) is 80.8 cm³/mol. The summed E-state index contributed by atoms with van der Waals surface area (Å²) in [5.74, 6) is 0.599. The summed E-state index contributed by atoms with van der Waals surface area (Å²) in [5.41, 5.74) is 7.59. The molecule has 1 aromatic heterocycles. The molecule has 2 aromatic rings. The van der Waals surface area contributed by atoms with Crippen molar-refractivity contribution < 1.29 is 9.47 Å². The van der Waals surface area contributed by atoms with E-state index in [-0.39, 0.29) is 5.60 Å². The molecule has 4 heteroatoms. The van der Waals surface area contributed by atoms with Gasteiger partial charge in [0.05, 0.1) is 17.7 Å². The predicted octanol–water partition coefficient (Wildman–Crippen LogP) is 2.89. The maximum absolute atomic E-state index is 5.79. The van der Waals surface area contributed by atoms with Gasteiger partial charge in [-0.05, 0) is 32.4 Å². The van der Waals surface area contributed by atoms with E-state index in [4.69, 9.17) is 15.2 Å². The number of rotatable bonds is 5. The fourth-order valence-corrected chi connectivity index (χ4v) is 1.96. The Balaban J connectivity index is 2.07. The maximum atomic E-state index is 5.79. The lowest BCUT2D eigenvalue weighted by molar-refractivity contribution is -0.0167. The lowest BCUT2D eigenvalue weighted by Crippen LogP contribution is -2.22. The Morgan fingerprint density at radius 2 is 1.90 bits per heavy atom. The van der Waals surface area contributed by atoms with Gasteiger partial charge >= 0.3 is 0 Å². The molecule has 0 atom stereocenters. The van der Waals surface area contributed by atoms with Gasteiger partial charge in [-0.25, -0.2) is 4.98 Å². The lowest BCUT2D eigenvalue weighted by Gasteiger charge is -2.19. The third-order valence-electron chi connectivity index (χ3n) is 2.87. The van der Waals surface area contributed by atoms with Crippen molar-refractivity contribution in [1.29, 1.82) is 0 Å². The van der Waals surface area contributed by atoms with Gasteiger partial charge in [0.25, 0.3) is 0 Å². The zero-order valence-electron chi connectivity index (χ0n) is 12.3. The van der Waals surface area contributed by atoms with Crippen LogP contribution in [0.1, 0.15) is 26.3 Å². The van der Waals surface area contributed by atoms with Crippen LogP contribution >= 0.6 is 0 Å². The average molecular weight is 274 g/mol. The van der Waals surface area contributed by atoms with Crippen molar-refractivity contribution in [2.45, 2.75) is 32.9 Å². The second kappa shape index (κ2) is 6.20. The summed E-state index contributed by atoms with van der Waals surface area (Å²) in [6, 6.07) is 9.84. The highest BCUT2D eigenvalue weighted by Crippen LogP contribution is 2.21. The van der Waals surface area contributed by atoms with Crippen molar-refractivity contribution in [3.05, 3.63) is 35.9 Å². The van der Waals surface area contributed by atoms with Gasteiger partial charge in [-0.1, -0.05) is 18.2 Å². The molecule has 4 nitrogen and oxygen atoms in total. The van der Waals surface area contributed by atoms with Crippen molar-refractivity contribution in [2.24, 2.45) is 5.73 Å². The average Bonchev–Trinajstić information content (AvgIpc) is 2.41. The minimum absolute atomic E-state index is 0.150. The highest BCUT2D eigenvalue weighted by atomic mass is 16.5. The van der Waals surface area contributed by atoms with Crippen molar-refractivity contribution in [3.63, 3.8) is 0 Å². The Morgan fingerprint density at radius 3 is 2.60 bits per heavy atom. The molecule has 1 heterocycles. The third-order valence-corrected chi connectivity index (χ3v) is 2.87. The Hall–Kier alpha value is -1.65. The molecule has 0 aliphatic carbocycles. The van der Waals surface area contributed by atoms with E-state index in [0.717, 1.165) is 16.5 Å². The monoisotopic (exact) mass is 274 g/mol. The van der Waals surface area contributed by atoms with E-state index in [1.54, 1.807) is 0 Å². The van der Waals surface area contributed by atoms with Crippen molar-refractivity contribution in [2.75, 3.05) is 13.2 Å². The van der Waals surface area contributed by atoms with Gasteiger partial charge in [0.1, 0.15) is 6.61 Å². The fourth-order valence-electron chi connectivity index (χ4n) is 1.96. The van der Waals surface area contributed by atoms with Crippen LogP contribution < -0.4 is 10.5 Å². The molecule has 0 fully saturated rings. The number of benzene rings is 1. The summed E-state index contributed by atoms with van der Waals surface area (Å²) < 4.78 is 11.3. The molecule has 0 amide bonds. The zero-order chi connectivity index (χ0) is 14.6. The topological polar surface area (TPSA) is 57.4 Å². The van der Waals surface area contributed by atoms with E-state index < -0.39 is 0 Å². The molecule has 0 aliphatic rings. The SMILES string of the molecule is CC(C)(C)OCCOc1cc(CN)c2ccccc2n1.